The predicted molar refractivity (Wildman–Crippen MR) is 116 cm³/mol. The third kappa shape index (κ3) is 2.95. The molecule has 1 aliphatic rings. The SMILES string of the molecule is O=C(O)CN1c2ccccc2C(=Cc2cccc3ncccc23)c2ccccc21. The summed E-state index contributed by atoms with van der Waals surface area (Å²) in [6.07, 6.45) is 3.98. The number of carboxylic acid groups (broad SMARTS) is 1. The molecule has 5 rings (SSSR count). The fourth-order valence-electron chi connectivity index (χ4n) is 4.02. The van der Waals surface area contributed by atoms with E-state index < -0.39 is 5.97 Å². The van der Waals surface area contributed by atoms with Crippen LogP contribution in [0.4, 0.5) is 11.4 Å². The number of nitrogens with zero attached hydrogens (tertiary/aromatic N) is 2. The van der Waals surface area contributed by atoms with Crippen molar-refractivity contribution in [3.8, 4) is 0 Å². The summed E-state index contributed by atoms with van der Waals surface area (Å²) >= 11 is 0. The van der Waals surface area contributed by atoms with E-state index in [1.54, 1.807) is 6.20 Å². The minimum absolute atomic E-state index is 0.0838. The summed E-state index contributed by atoms with van der Waals surface area (Å²) in [5.74, 6) is -0.859. The number of aliphatic carboxylic acids is 1. The van der Waals surface area contributed by atoms with E-state index >= 15 is 0 Å². The largest absolute Gasteiger partial charge is 0.480 e. The number of carbonyl (C=O) groups is 1. The van der Waals surface area contributed by atoms with Crippen LogP contribution in [-0.4, -0.2) is 22.6 Å². The fraction of sp³-hybridized carbons (Fsp3) is 0.0400. The van der Waals surface area contributed by atoms with Crippen LogP contribution in [0.5, 0.6) is 0 Å². The van der Waals surface area contributed by atoms with Gasteiger partial charge in [-0.25, -0.2) is 0 Å². The molecule has 0 amide bonds. The van der Waals surface area contributed by atoms with Crippen molar-refractivity contribution in [3.05, 3.63) is 102 Å². The quantitative estimate of drug-likeness (QED) is 0.521. The molecule has 140 valence electrons. The van der Waals surface area contributed by atoms with E-state index in [1.807, 2.05) is 59.5 Å². The van der Waals surface area contributed by atoms with Gasteiger partial charge < -0.3 is 10.0 Å². The van der Waals surface area contributed by atoms with Crippen LogP contribution in [0.3, 0.4) is 0 Å². The van der Waals surface area contributed by atoms with Gasteiger partial charge in [0.05, 0.1) is 5.52 Å². The van der Waals surface area contributed by atoms with Crippen LogP contribution < -0.4 is 4.90 Å². The summed E-state index contributed by atoms with van der Waals surface area (Å²) in [7, 11) is 0. The molecule has 0 saturated heterocycles. The number of rotatable bonds is 3. The minimum atomic E-state index is -0.859. The Morgan fingerprint density at radius 1 is 0.862 bits per heavy atom. The molecule has 0 bridgehead atoms. The number of aromatic nitrogens is 1. The van der Waals surface area contributed by atoms with Gasteiger partial charge in [-0.1, -0.05) is 54.6 Å². The molecule has 1 aliphatic heterocycles. The van der Waals surface area contributed by atoms with Gasteiger partial charge in [-0.3, -0.25) is 9.78 Å². The lowest BCUT2D eigenvalue weighted by Crippen LogP contribution is -2.28. The molecule has 0 unspecified atom stereocenters. The van der Waals surface area contributed by atoms with Crippen molar-refractivity contribution in [3.63, 3.8) is 0 Å². The van der Waals surface area contributed by atoms with Crippen molar-refractivity contribution in [2.45, 2.75) is 0 Å². The molecule has 2 heterocycles. The van der Waals surface area contributed by atoms with E-state index in [1.165, 1.54) is 0 Å². The summed E-state index contributed by atoms with van der Waals surface area (Å²) in [6.45, 7) is -0.0838. The first kappa shape index (κ1) is 17.2. The third-order valence-corrected chi connectivity index (χ3v) is 5.24. The number of carboxylic acids is 1. The Balaban J connectivity index is 1.78. The van der Waals surface area contributed by atoms with Gasteiger partial charge in [0, 0.05) is 34.1 Å². The first-order valence-electron chi connectivity index (χ1n) is 9.46. The van der Waals surface area contributed by atoms with E-state index in [4.69, 9.17) is 0 Å². The number of pyridine rings is 1. The monoisotopic (exact) mass is 378 g/mol. The second-order valence-electron chi connectivity index (χ2n) is 6.99. The predicted octanol–water partition coefficient (Wildman–Crippen LogP) is 5.36. The summed E-state index contributed by atoms with van der Waals surface area (Å²) in [6, 6.07) is 26.1. The molecule has 3 aromatic carbocycles. The second kappa shape index (κ2) is 6.91. The Hall–Kier alpha value is -3.92. The summed E-state index contributed by atoms with van der Waals surface area (Å²) < 4.78 is 0. The molecule has 1 aromatic heterocycles. The number of hydrogen-bond acceptors (Lipinski definition) is 3. The zero-order valence-corrected chi connectivity index (χ0v) is 15.6. The smallest absolute Gasteiger partial charge is 0.323 e. The molecule has 0 radical (unpaired) electrons. The zero-order chi connectivity index (χ0) is 19.8. The lowest BCUT2D eigenvalue weighted by atomic mass is 9.88. The molecule has 0 spiro atoms. The van der Waals surface area contributed by atoms with Crippen LogP contribution in [0.15, 0.2) is 85.1 Å². The number of para-hydroxylation sites is 2. The Labute approximate surface area is 168 Å². The van der Waals surface area contributed by atoms with E-state index in [0.717, 1.165) is 44.5 Å². The molecule has 0 aliphatic carbocycles. The maximum atomic E-state index is 11.5. The van der Waals surface area contributed by atoms with Gasteiger partial charge in [0.25, 0.3) is 0 Å². The summed E-state index contributed by atoms with van der Waals surface area (Å²) in [5.41, 5.74) is 6.96. The van der Waals surface area contributed by atoms with Gasteiger partial charge >= 0.3 is 5.97 Å². The highest BCUT2D eigenvalue weighted by Gasteiger charge is 2.27. The highest BCUT2D eigenvalue weighted by atomic mass is 16.4. The highest BCUT2D eigenvalue weighted by molar-refractivity contribution is 6.06. The number of benzene rings is 3. The van der Waals surface area contributed by atoms with Crippen LogP contribution >= 0.6 is 0 Å². The Morgan fingerprint density at radius 2 is 1.55 bits per heavy atom. The lowest BCUT2D eigenvalue weighted by molar-refractivity contribution is -0.135. The second-order valence-corrected chi connectivity index (χ2v) is 6.99. The standard InChI is InChI=1S/C25H18N2O2/c28-25(29)16-27-23-12-3-1-8-19(23)21(20-9-2-4-13-24(20)27)15-17-7-5-11-22-18(17)10-6-14-26-22/h1-15H,16H2,(H,28,29). The number of fused-ring (bicyclic) bond motifs is 3. The van der Waals surface area contributed by atoms with E-state index in [9.17, 15) is 9.90 Å². The van der Waals surface area contributed by atoms with Gasteiger partial charge in [-0.2, -0.15) is 0 Å². The first-order chi connectivity index (χ1) is 14.2. The van der Waals surface area contributed by atoms with Crippen molar-refractivity contribution in [1.82, 2.24) is 4.98 Å². The van der Waals surface area contributed by atoms with Crippen LogP contribution in [0.1, 0.15) is 16.7 Å². The third-order valence-electron chi connectivity index (χ3n) is 5.24. The molecule has 29 heavy (non-hydrogen) atoms. The van der Waals surface area contributed by atoms with Gasteiger partial charge in [-0.15, -0.1) is 0 Å². The zero-order valence-electron chi connectivity index (χ0n) is 15.6. The van der Waals surface area contributed by atoms with Gasteiger partial charge in [-0.05, 0) is 41.5 Å². The molecule has 0 fully saturated rings. The Bertz CT molecular complexity index is 1220. The fourth-order valence-corrected chi connectivity index (χ4v) is 4.02. The van der Waals surface area contributed by atoms with Gasteiger partial charge in [0.2, 0.25) is 0 Å². The molecule has 4 nitrogen and oxygen atoms in total. The van der Waals surface area contributed by atoms with E-state index in [0.29, 0.717) is 0 Å². The van der Waals surface area contributed by atoms with Crippen LogP contribution in [-0.2, 0) is 4.79 Å². The molecular formula is C25H18N2O2. The van der Waals surface area contributed by atoms with Crippen molar-refractivity contribution >= 4 is 39.9 Å². The normalized spacial score (nSPS) is 12.4. The maximum absolute atomic E-state index is 11.5. The van der Waals surface area contributed by atoms with E-state index in [2.05, 4.69) is 35.3 Å². The van der Waals surface area contributed by atoms with Crippen LogP contribution in [0.25, 0.3) is 22.6 Å². The number of hydrogen-bond donors (Lipinski definition) is 1. The number of anilines is 2. The molecule has 0 atom stereocenters. The molecular weight excluding hydrogens is 360 g/mol. The highest BCUT2D eigenvalue weighted by Crippen LogP contribution is 2.45. The average Bonchev–Trinajstić information content (AvgIpc) is 2.76. The Morgan fingerprint density at radius 3 is 2.24 bits per heavy atom. The minimum Gasteiger partial charge on any atom is -0.480 e. The van der Waals surface area contributed by atoms with Crippen molar-refractivity contribution in [2.24, 2.45) is 0 Å². The maximum Gasteiger partial charge on any atom is 0.323 e. The summed E-state index contributed by atoms with van der Waals surface area (Å²) in [5, 5.41) is 10.6. The molecule has 4 heteroatoms. The van der Waals surface area contributed by atoms with Crippen LogP contribution in [0, 0.1) is 0 Å². The van der Waals surface area contributed by atoms with Crippen molar-refractivity contribution < 1.29 is 9.90 Å². The Kier molecular flexibility index (Phi) is 4.10. The van der Waals surface area contributed by atoms with Gasteiger partial charge in [0.1, 0.15) is 6.54 Å². The topological polar surface area (TPSA) is 53.4 Å². The lowest BCUT2D eigenvalue weighted by Gasteiger charge is -2.33. The van der Waals surface area contributed by atoms with E-state index in [-0.39, 0.29) is 6.54 Å². The van der Waals surface area contributed by atoms with Crippen molar-refractivity contribution in [1.29, 1.82) is 0 Å². The van der Waals surface area contributed by atoms with Gasteiger partial charge in [0.15, 0.2) is 0 Å². The average molecular weight is 378 g/mol. The molecule has 0 saturated carbocycles. The summed E-state index contributed by atoms with van der Waals surface area (Å²) in [4.78, 5) is 17.9. The molecule has 1 N–H and O–H groups in total. The van der Waals surface area contributed by atoms with Crippen LogP contribution in [0.2, 0.25) is 0 Å². The first-order valence-corrected chi connectivity index (χ1v) is 9.46. The van der Waals surface area contributed by atoms with Crippen molar-refractivity contribution in [2.75, 3.05) is 11.4 Å². The molecule has 4 aromatic rings.